The maximum atomic E-state index is 15.3. The highest BCUT2D eigenvalue weighted by molar-refractivity contribution is 7.92. The summed E-state index contributed by atoms with van der Waals surface area (Å²) in [5, 5.41) is 19.7. The van der Waals surface area contributed by atoms with E-state index < -0.39 is 45.9 Å². The number of nitrogens with zero attached hydrogens (tertiary/aromatic N) is 1. The highest BCUT2D eigenvalue weighted by atomic mass is 32.2. The molecular formula is C19H13FN2O6S. The van der Waals surface area contributed by atoms with E-state index in [4.69, 9.17) is 5.11 Å². The number of phenols is 1. The van der Waals surface area contributed by atoms with Crippen molar-refractivity contribution in [1.82, 2.24) is 4.72 Å². The number of anilines is 1. The first kappa shape index (κ1) is 18.7. The molecule has 0 aromatic heterocycles. The third-order valence-corrected chi connectivity index (χ3v) is 5.92. The van der Waals surface area contributed by atoms with Crippen LogP contribution in [0.5, 0.6) is 5.75 Å². The van der Waals surface area contributed by atoms with Crippen LogP contribution in [0.3, 0.4) is 0 Å². The van der Waals surface area contributed by atoms with Crippen molar-refractivity contribution in [2.75, 3.05) is 10.8 Å². The van der Waals surface area contributed by atoms with E-state index in [9.17, 15) is 23.1 Å². The van der Waals surface area contributed by atoms with Gasteiger partial charge in [-0.25, -0.2) is 18.2 Å². The first-order valence-corrected chi connectivity index (χ1v) is 9.73. The number of aromatic hydroxyl groups is 1. The largest absolute Gasteiger partial charge is 0.506 e. The van der Waals surface area contributed by atoms with Crippen molar-refractivity contribution in [3.05, 3.63) is 59.9 Å². The van der Waals surface area contributed by atoms with Crippen molar-refractivity contribution in [2.24, 2.45) is 0 Å². The van der Waals surface area contributed by atoms with Gasteiger partial charge in [-0.05, 0) is 40.8 Å². The lowest BCUT2D eigenvalue weighted by Gasteiger charge is -2.18. The van der Waals surface area contributed by atoms with Gasteiger partial charge in [-0.15, -0.1) is 0 Å². The molecule has 0 atom stereocenters. The Kier molecular flexibility index (Phi) is 4.16. The zero-order valence-corrected chi connectivity index (χ0v) is 15.4. The lowest BCUT2D eigenvalue weighted by atomic mass is 9.99. The first-order valence-electron chi connectivity index (χ1n) is 8.29. The Balaban J connectivity index is 1.90. The number of benzene rings is 3. The molecule has 0 aliphatic carbocycles. The molecule has 148 valence electrons. The summed E-state index contributed by atoms with van der Waals surface area (Å²) in [5.74, 6) is -3.60. The van der Waals surface area contributed by atoms with Crippen molar-refractivity contribution in [2.45, 2.75) is 0 Å². The van der Waals surface area contributed by atoms with Crippen LogP contribution in [0.1, 0.15) is 10.4 Å². The molecular weight excluding hydrogens is 403 g/mol. The molecule has 10 heteroatoms. The number of halogens is 1. The Morgan fingerprint density at radius 2 is 1.83 bits per heavy atom. The van der Waals surface area contributed by atoms with Crippen LogP contribution in [0.25, 0.3) is 21.9 Å². The van der Waals surface area contributed by atoms with Crippen molar-refractivity contribution in [1.29, 1.82) is 0 Å². The highest BCUT2D eigenvalue weighted by Crippen LogP contribution is 2.39. The van der Waals surface area contributed by atoms with E-state index in [0.717, 1.165) is 0 Å². The van der Waals surface area contributed by atoms with E-state index in [1.54, 1.807) is 22.9 Å². The maximum Gasteiger partial charge on any atom is 0.335 e. The van der Waals surface area contributed by atoms with Crippen LogP contribution in [-0.2, 0) is 15.0 Å². The van der Waals surface area contributed by atoms with Crippen LogP contribution in [0, 0.1) is 5.82 Å². The van der Waals surface area contributed by atoms with Crippen LogP contribution in [0.4, 0.5) is 10.1 Å². The molecule has 1 aliphatic rings. The number of nitrogens with one attached hydrogen (secondary N) is 1. The monoisotopic (exact) mass is 416 g/mol. The van der Waals surface area contributed by atoms with Gasteiger partial charge in [0.25, 0.3) is 5.91 Å². The Labute approximate surface area is 164 Å². The van der Waals surface area contributed by atoms with Gasteiger partial charge < -0.3 is 10.2 Å². The third-order valence-electron chi connectivity index (χ3n) is 4.54. The SMILES string of the molecule is O=C1CN(c2c(O)cc3ccc(-c4cccc(C(=O)O)c4)cc3c2F)S(=O)(=O)N1. The smallest absolute Gasteiger partial charge is 0.335 e. The number of rotatable bonds is 3. The summed E-state index contributed by atoms with van der Waals surface area (Å²) < 4.78 is 41.6. The lowest BCUT2D eigenvalue weighted by Crippen LogP contribution is -2.30. The highest BCUT2D eigenvalue weighted by Gasteiger charge is 2.37. The predicted octanol–water partition coefficient (Wildman–Crippen LogP) is 2.23. The number of carboxylic acid groups (broad SMARTS) is 1. The van der Waals surface area contributed by atoms with Crippen molar-refractivity contribution in [3.63, 3.8) is 0 Å². The van der Waals surface area contributed by atoms with Crippen LogP contribution in [0.15, 0.2) is 48.5 Å². The van der Waals surface area contributed by atoms with Gasteiger partial charge in [0, 0.05) is 5.39 Å². The second kappa shape index (κ2) is 6.45. The number of phenolic OH excluding ortho intramolecular Hbond substituents is 1. The molecule has 3 N–H and O–H groups in total. The average Bonchev–Trinajstić information content (AvgIpc) is 2.93. The van der Waals surface area contributed by atoms with Crippen LogP contribution in [0.2, 0.25) is 0 Å². The molecule has 1 fully saturated rings. The number of amides is 1. The minimum Gasteiger partial charge on any atom is -0.506 e. The molecule has 8 nitrogen and oxygen atoms in total. The topological polar surface area (TPSA) is 124 Å². The summed E-state index contributed by atoms with van der Waals surface area (Å²) in [5.41, 5.74) is 0.440. The minimum absolute atomic E-state index is 0.00516. The van der Waals surface area contributed by atoms with E-state index in [1.165, 1.54) is 30.3 Å². The van der Waals surface area contributed by atoms with E-state index in [-0.39, 0.29) is 10.9 Å². The second-order valence-electron chi connectivity index (χ2n) is 6.42. The van der Waals surface area contributed by atoms with Crippen LogP contribution >= 0.6 is 0 Å². The first-order chi connectivity index (χ1) is 13.7. The molecule has 1 saturated heterocycles. The van der Waals surface area contributed by atoms with E-state index >= 15 is 4.39 Å². The molecule has 0 bridgehead atoms. The lowest BCUT2D eigenvalue weighted by molar-refractivity contribution is -0.117. The fourth-order valence-electron chi connectivity index (χ4n) is 3.22. The van der Waals surface area contributed by atoms with Crippen molar-refractivity contribution < 1.29 is 32.6 Å². The molecule has 0 unspecified atom stereocenters. The van der Waals surface area contributed by atoms with Gasteiger partial charge in [-0.3, -0.25) is 4.79 Å². The third kappa shape index (κ3) is 3.13. The van der Waals surface area contributed by atoms with Gasteiger partial charge in [0.05, 0.1) is 5.56 Å². The predicted molar refractivity (Wildman–Crippen MR) is 102 cm³/mol. The maximum absolute atomic E-state index is 15.3. The van der Waals surface area contributed by atoms with Crippen LogP contribution in [-0.4, -0.2) is 37.1 Å². The quantitative estimate of drug-likeness (QED) is 0.602. The van der Waals surface area contributed by atoms with Gasteiger partial charge in [0.15, 0.2) is 5.82 Å². The number of hydrogen-bond acceptors (Lipinski definition) is 5. The van der Waals surface area contributed by atoms with E-state index in [1.807, 2.05) is 0 Å². The molecule has 1 aliphatic heterocycles. The summed E-state index contributed by atoms with van der Waals surface area (Å²) >= 11 is 0. The van der Waals surface area contributed by atoms with Gasteiger partial charge in [-0.2, -0.15) is 8.42 Å². The van der Waals surface area contributed by atoms with E-state index in [0.29, 0.717) is 20.8 Å². The van der Waals surface area contributed by atoms with E-state index in [2.05, 4.69) is 0 Å². The molecule has 0 spiro atoms. The molecule has 3 aromatic carbocycles. The summed E-state index contributed by atoms with van der Waals surface area (Å²) in [4.78, 5) is 22.7. The molecule has 1 heterocycles. The molecule has 0 saturated carbocycles. The van der Waals surface area contributed by atoms with Crippen LogP contribution < -0.4 is 9.03 Å². The molecule has 3 aromatic rings. The average molecular weight is 416 g/mol. The van der Waals surface area contributed by atoms with Gasteiger partial charge in [0.1, 0.15) is 18.0 Å². The fourth-order valence-corrected chi connectivity index (χ4v) is 4.39. The second-order valence-corrected chi connectivity index (χ2v) is 8.01. The number of carbonyl (C=O) groups is 2. The van der Waals surface area contributed by atoms with Gasteiger partial charge in [0.2, 0.25) is 0 Å². The zero-order valence-electron chi connectivity index (χ0n) is 14.6. The Bertz CT molecular complexity index is 1310. The van der Waals surface area contributed by atoms with Gasteiger partial charge >= 0.3 is 16.2 Å². The van der Waals surface area contributed by atoms with Crippen molar-refractivity contribution >= 4 is 38.5 Å². The Morgan fingerprint density at radius 1 is 1.10 bits per heavy atom. The molecule has 4 rings (SSSR count). The Hall–Kier alpha value is -3.66. The number of carbonyl (C=O) groups excluding carboxylic acids is 1. The van der Waals surface area contributed by atoms with Crippen molar-refractivity contribution in [3.8, 4) is 16.9 Å². The Morgan fingerprint density at radius 3 is 2.48 bits per heavy atom. The summed E-state index contributed by atoms with van der Waals surface area (Å²) in [6.45, 7) is -0.654. The molecule has 1 amide bonds. The fraction of sp³-hybridized carbons (Fsp3) is 0.0526. The number of fused-ring (bicyclic) bond motifs is 1. The standard InChI is InChI=1S/C19H13FN2O6S/c20-17-14-7-11(10-2-1-3-13(6-10)19(25)26)4-5-12(14)8-15(23)18(17)22-9-16(24)21-29(22,27)28/h1-8,23H,9H2,(H,21,24)(H,25,26). The molecule has 0 radical (unpaired) electrons. The van der Waals surface area contributed by atoms with Gasteiger partial charge in [-0.1, -0.05) is 24.3 Å². The number of aromatic carboxylic acids is 1. The number of carboxylic acids is 1. The summed E-state index contributed by atoms with van der Waals surface area (Å²) in [6.07, 6.45) is 0. The summed E-state index contributed by atoms with van der Waals surface area (Å²) in [6, 6.07) is 11.8. The number of hydrogen-bond donors (Lipinski definition) is 3. The normalized spacial score (nSPS) is 15.5. The summed E-state index contributed by atoms with van der Waals surface area (Å²) in [7, 11) is -4.31. The zero-order chi connectivity index (χ0) is 20.9. The molecule has 29 heavy (non-hydrogen) atoms. The minimum atomic E-state index is -4.31.